The summed E-state index contributed by atoms with van der Waals surface area (Å²) < 4.78 is 0. The molecule has 2 unspecified atom stereocenters. The van der Waals surface area contributed by atoms with Crippen LogP contribution in [0.3, 0.4) is 0 Å². The molecule has 0 aromatic carbocycles. The minimum Gasteiger partial charge on any atom is -0.343 e. The van der Waals surface area contributed by atoms with Crippen LogP contribution in [0.2, 0.25) is 0 Å². The minimum absolute atomic E-state index is 0.376. The average Bonchev–Trinajstić information content (AvgIpc) is 2.39. The highest BCUT2D eigenvalue weighted by atomic mass is 16.2. The molecule has 1 amide bonds. The molecule has 0 bridgehead atoms. The Kier molecular flexibility index (Phi) is 5.04. The Morgan fingerprint density at radius 2 is 1.94 bits per heavy atom. The number of hydrogen-bond acceptors (Lipinski definition) is 2. The summed E-state index contributed by atoms with van der Waals surface area (Å²) in [5.41, 5.74) is 0. The van der Waals surface area contributed by atoms with E-state index in [-0.39, 0.29) is 0 Å². The Hall–Kier alpha value is -0.570. The van der Waals surface area contributed by atoms with Gasteiger partial charge < -0.3 is 10.2 Å². The molecular formula is C15H28N2O. The number of carbonyl (C=O) groups is 1. The topological polar surface area (TPSA) is 32.3 Å². The third kappa shape index (κ3) is 3.71. The predicted molar refractivity (Wildman–Crippen MR) is 74.4 cm³/mol. The highest BCUT2D eigenvalue weighted by molar-refractivity contribution is 5.76. The van der Waals surface area contributed by atoms with E-state index in [9.17, 15) is 4.79 Å². The number of carbonyl (C=O) groups excluding carboxylic acids is 1. The van der Waals surface area contributed by atoms with Gasteiger partial charge in [0, 0.05) is 19.5 Å². The summed E-state index contributed by atoms with van der Waals surface area (Å²) in [6, 6.07) is 0.503. The third-order valence-corrected chi connectivity index (χ3v) is 4.77. The Balaban J connectivity index is 1.79. The van der Waals surface area contributed by atoms with Gasteiger partial charge in [0.05, 0.1) is 0 Å². The van der Waals surface area contributed by atoms with Crippen LogP contribution in [0.5, 0.6) is 0 Å². The van der Waals surface area contributed by atoms with Crippen molar-refractivity contribution >= 4 is 5.91 Å². The fraction of sp³-hybridized carbons (Fsp3) is 0.933. The van der Waals surface area contributed by atoms with Gasteiger partial charge in [0.15, 0.2) is 0 Å². The minimum atomic E-state index is 0.376. The Labute approximate surface area is 111 Å². The molecular weight excluding hydrogens is 224 g/mol. The second-order valence-corrected chi connectivity index (χ2v) is 6.33. The maximum absolute atomic E-state index is 12.3. The highest BCUT2D eigenvalue weighted by Gasteiger charge is 2.27. The molecule has 104 valence electrons. The van der Waals surface area contributed by atoms with Crippen molar-refractivity contribution in [3.63, 3.8) is 0 Å². The number of nitrogens with zero attached hydrogens (tertiary/aromatic N) is 1. The molecule has 2 aliphatic rings. The second kappa shape index (κ2) is 6.55. The van der Waals surface area contributed by atoms with Crippen molar-refractivity contribution in [1.29, 1.82) is 0 Å². The lowest BCUT2D eigenvalue weighted by Gasteiger charge is -2.35. The van der Waals surface area contributed by atoms with E-state index in [4.69, 9.17) is 0 Å². The second-order valence-electron chi connectivity index (χ2n) is 6.33. The van der Waals surface area contributed by atoms with Gasteiger partial charge in [-0.15, -0.1) is 0 Å². The number of rotatable bonds is 3. The monoisotopic (exact) mass is 252 g/mol. The van der Waals surface area contributed by atoms with Gasteiger partial charge in [-0.2, -0.15) is 0 Å². The molecule has 2 fully saturated rings. The predicted octanol–water partition coefficient (Wildman–Crippen LogP) is 2.41. The van der Waals surface area contributed by atoms with Gasteiger partial charge in [0.1, 0.15) is 0 Å². The number of hydrogen-bond donors (Lipinski definition) is 1. The number of piperidine rings is 1. The number of nitrogens with one attached hydrogen (secondary N) is 1. The highest BCUT2D eigenvalue weighted by Crippen LogP contribution is 2.27. The molecule has 3 heteroatoms. The van der Waals surface area contributed by atoms with E-state index in [0.29, 0.717) is 17.9 Å². The number of amides is 1. The van der Waals surface area contributed by atoms with E-state index in [2.05, 4.69) is 17.1 Å². The molecule has 0 spiro atoms. The van der Waals surface area contributed by atoms with Crippen LogP contribution in [0.25, 0.3) is 0 Å². The van der Waals surface area contributed by atoms with E-state index >= 15 is 0 Å². The zero-order valence-electron chi connectivity index (χ0n) is 12.0. The van der Waals surface area contributed by atoms with E-state index in [0.717, 1.165) is 25.4 Å². The molecule has 1 saturated carbocycles. The van der Waals surface area contributed by atoms with Gasteiger partial charge in [0.25, 0.3) is 0 Å². The van der Waals surface area contributed by atoms with Crippen molar-refractivity contribution < 1.29 is 4.79 Å². The maximum Gasteiger partial charge on any atom is 0.222 e. The first-order valence-electron chi connectivity index (χ1n) is 7.63. The van der Waals surface area contributed by atoms with Crippen LogP contribution in [0, 0.1) is 11.8 Å². The van der Waals surface area contributed by atoms with Crippen molar-refractivity contribution in [2.45, 2.75) is 57.9 Å². The van der Waals surface area contributed by atoms with Gasteiger partial charge in [0.2, 0.25) is 5.91 Å². The normalized spacial score (nSPS) is 30.1. The van der Waals surface area contributed by atoms with Crippen molar-refractivity contribution in [3.8, 4) is 0 Å². The van der Waals surface area contributed by atoms with Gasteiger partial charge in [-0.3, -0.25) is 4.79 Å². The molecule has 2 rings (SSSR count). The van der Waals surface area contributed by atoms with Gasteiger partial charge in [-0.1, -0.05) is 19.8 Å². The van der Waals surface area contributed by atoms with Crippen LogP contribution in [0.15, 0.2) is 0 Å². The van der Waals surface area contributed by atoms with Crippen molar-refractivity contribution in [2.24, 2.45) is 11.8 Å². The fourth-order valence-corrected chi connectivity index (χ4v) is 3.43. The molecule has 1 heterocycles. The molecule has 18 heavy (non-hydrogen) atoms. The summed E-state index contributed by atoms with van der Waals surface area (Å²) in [7, 11) is 2.02. The molecule has 1 N–H and O–H groups in total. The van der Waals surface area contributed by atoms with E-state index < -0.39 is 0 Å². The molecule has 1 saturated heterocycles. The van der Waals surface area contributed by atoms with Crippen LogP contribution >= 0.6 is 0 Å². The smallest absolute Gasteiger partial charge is 0.222 e. The van der Waals surface area contributed by atoms with Crippen LogP contribution in [-0.2, 0) is 4.79 Å². The summed E-state index contributed by atoms with van der Waals surface area (Å²) in [5, 5.41) is 3.36. The molecule has 2 atom stereocenters. The summed E-state index contributed by atoms with van der Waals surface area (Å²) >= 11 is 0. The van der Waals surface area contributed by atoms with Gasteiger partial charge in [-0.25, -0.2) is 0 Å². The summed E-state index contributed by atoms with van der Waals surface area (Å²) in [6.07, 6.45) is 8.14. The Morgan fingerprint density at radius 3 is 2.61 bits per heavy atom. The SMILES string of the molecule is CC1CCCC(N(C)C(=O)CC2CCNCC2)C1. The van der Waals surface area contributed by atoms with Gasteiger partial charge >= 0.3 is 0 Å². The lowest BCUT2D eigenvalue weighted by atomic mass is 9.86. The first-order chi connectivity index (χ1) is 8.66. The Morgan fingerprint density at radius 1 is 1.22 bits per heavy atom. The van der Waals surface area contributed by atoms with Crippen molar-refractivity contribution in [2.75, 3.05) is 20.1 Å². The van der Waals surface area contributed by atoms with Crippen molar-refractivity contribution in [3.05, 3.63) is 0 Å². The fourth-order valence-electron chi connectivity index (χ4n) is 3.43. The van der Waals surface area contributed by atoms with Gasteiger partial charge in [-0.05, 0) is 50.6 Å². The first kappa shape index (κ1) is 13.9. The molecule has 0 aromatic heterocycles. The van der Waals surface area contributed by atoms with Crippen LogP contribution in [0.4, 0.5) is 0 Å². The standard InChI is InChI=1S/C15H28N2O/c1-12-4-3-5-14(10-12)17(2)15(18)11-13-6-8-16-9-7-13/h12-14,16H,3-11H2,1-2H3. The zero-order valence-corrected chi connectivity index (χ0v) is 12.0. The molecule has 0 aromatic rings. The third-order valence-electron chi connectivity index (χ3n) is 4.77. The average molecular weight is 252 g/mol. The zero-order chi connectivity index (χ0) is 13.0. The molecule has 1 aliphatic heterocycles. The van der Waals surface area contributed by atoms with E-state index in [1.54, 1.807) is 0 Å². The van der Waals surface area contributed by atoms with E-state index in [1.165, 1.54) is 38.5 Å². The van der Waals surface area contributed by atoms with Crippen molar-refractivity contribution in [1.82, 2.24) is 10.2 Å². The van der Waals surface area contributed by atoms with Crippen LogP contribution in [0.1, 0.15) is 51.9 Å². The van der Waals surface area contributed by atoms with E-state index in [1.807, 2.05) is 7.05 Å². The van der Waals surface area contributed by atoms with Crippen LogP contribution in [-0.4, -0.2) is 37.0 Å². The largest absolute Gasteiger partial charge is 0.343 e. The van der Waals surface area contributed by atoms with Crippen LogP contribution < -0.4 is 5.32 Å². The molecule has 1 aliphatic carbocycles. The lowest BCUT2D eigenvalue weighted by Crippen LogP contribution is -2.41. The first-order valence-corrected chi connectivity index (χ1v) is 7.63. The lowest BCUT2D eigenvalue weighted by molar-refractivity contribution is -0.134. The molecule has 0 radical (unpaired) electrons. The summed E-state index contributed by atoms with van der Waals surface area (Å²) in [4.78, 5) is 14.4. The summed E-state index contributed by atoms with van der Waals surface area (Å²) in [5.74, 6) is 1.78. The quantitative estimate of drug-likeness (QED) is 0.836. The maximum atomic E-state index is 12.3. The summed E-state index contributed by atoms with van der Waals surface area (Å²) in [6.45, 7) is 4.49. The molecule has 3 nitrogen and oxygen atoms in total. The Bertz CT molecular complexity index is 274.